The van der Waals surface area contributed by atoms with Gasteiger partial charge in [0.25, 0.3) is 0 Å². The lowest BCUT2D eigenvalue weighted by molar-refractivity contribution is 0.810. The second-order valence-electron chi connectivity index (χ2n) is 1.51. The standard InChI is InChI=1S/C5H13NSi/c1-2-6-4-3-5-7/h2,6H,1,3-5H2,7H3. The first-order chi connectivity index (χ1) is 3.41. The van der Waals surface area contributed by atoms with Gasteiger partial charge in [0.05, 0.1) is 0 Å². The van der Waals surface area contributed by atoms with Crippen molar-refractivity contribution in [2.24, 2.45) is 0 Å². The fourth-order valence-electron chi connectivity index (χ4n) is 0.381. The molecule has 0 amide bonds. The first-order valence-electron chi connectivity index (χ1n) is 2.76. The molecule has 0 aliphatic rings. The molecule has 0 unspecified atom stereocenters. The van der Waals surface area contributed by atoms with Crippen LogP contribution in [0, 0.1) is 0 Å². The maximum atomic E-state index is 3.53. The molecule has 0 bridgehead atoms. The Morgan fingerprint density at radius 1 is 1.71 bits per heavy atom. The molecule has 0 heterocycles. The van der Waals surface area contributed by atoms with Crippen LogP contribution in [0.3, 0.4) is 0 Å². The fraction of sp³-hybridized carbons (Fsp3) is 0.600. The summed E-state index contributed by atoms with van der Waals surface area (Å²) in [7, 11) is 1.33. The van der Waals surface area contributed by atoms with Crippen molar-refractivity contribution in [3.63, 3.8) is 0 Å². The Hall–Kier alpha value is -0.243. The van der Waals surface area contributed by atoms with E-state index < -0.39 is 0 Å². The van der Waals surface area contributed by atoms with Crippen LogP contribution in [0.4, 0.5) is 0 Å². The molecule has 0 rings (SSSR count). The van der Waals surface area contributed by atoms with Gasteiger partial charge < -0.3 is 5.32 Å². The maximum Gasteiger partial charge on any atom is 0.0138 e. The lowest BCUT2D eigenvalue weighted by atomic mass is 10.5. The molecule has 42 valence electrons. The van der Waals surface area contributed by atoms with Gasteiger partial charge in [-0.1, -0.05) is 12.6 Å². The molecule has 0 spiro atoms. The summed E-state index contributed by atoms with van der Waals surface area (Å²) in [5.74, 6) is 0. The molecule has 0 aromatic rings. The minimum Gasteiger partial charge on any atom is -0.391 e. The van der Waals surface area contributed by atoms with Gasteiger partial charge >= 0.3 is 0 Å². The Balaban J connectivity index is 2.56. The molecule has 1 N–H and O–H groups in total. The van der Waals surface area contributed by atoms with Crippen LogP contribution in [0.1, 0.15) is 6.42 Å². The second-order valence-corrected chi connectivity index (χ2v) is 2.51. The molecule has 0 atom stereocenters. The molecular weight excluding hydrogens is 102 g/mol. The van der Waals surface area contributed by atoms with Crippen molar-refractivity contribution in [2.45, 2.75) is 12.5 Å². The van der Waals surface area contributed by atoms with E-state index in [0.29, 0.717) is 0 Å². The Kier molecular flexibility index (Phi) is 5.56. The van der Waals surface area contributed by atoms with E-state index in [1.807, 2.05) is 0 Å². The van der Waals surface area contributed by atoms with Crippen molar-refractivity contribution in [3.8, 4) is 0 Å². The van der Waals surface area contributed by atoms with Crippen molar-refractivity contribution in [1.29, 1.82) is 0 Å². The highest BCUT2D eigenvalue weighted by atomic mass is 28.1. The van der Waals surface area contributed by atoms with Crippen molar-refractivity contribution >= 4 is 10.2 Å². The number of hydrogen-bond donors (Lipinski definition) is 1. The third-order valence-electron chi connectivity index (χ3n) is 0.819. The number of nitrogens with one attached hydrogen (secondary N) is 1. The van der Waals surface area contributed by atoms with Crippen LogP contribution in [-0.4, -0.2) is 16.8 Å². The van der Waals surface area contributed by atoms with Crippen LogP contribution in [0.15, 0.2) is 12.8 Å². The Morgan fingerprint density at radius 3 is 2.86 bits per heavy atom. The first-order valence-corrected chi connectivity index (χ1v) is 4.17. The summed E-state index contributed by atoms with van der Waals surface area (Å²) in [6.45, 7) is 4.64. The average Bonchev–Trinajstić information content (AvgIpc) is 1.69. The van der Waals surface area contributed by atoms with Crippen LogP contribution in [0.2, 0.25) is 6.04 Å². The van der Waals surface area contributed by atoms with Crippen LogP contribution in [-0.2, 0) is 0 Å². The highest BCUT2D eigenvalue weighted by molar-refractivity contribution is 6.08. The quantitative estimate of drug-likeness (QED) is 0.398. The lowest BCUT2D eigenvalue weighted by Gasteiger charge is -1.93. The van der Waals surface area contributed by atoms with Crippen LogP contribution >= 0.6 is 0 Å². The van der Waals surface area contributed by atoms with Gasteiger partial charge in [-0.05, 0) is 12.6 Å². The molecule has 7 heavy (non-hydrogen) atoms. The van der Waals surface area contributed by atoms with Crippen molar-refractivity contribution < 1.29 is 0 Å². The molecule has 0 aliphatic carbocycles. The van der Waals surface area contributed by atoms with Gasteiger partial charge in [-0.25, -0.2) is 0 Å². The highest BCUT2D eigenvalue weighted by Crippen LogP contribution is 1.78. The molecule has 2 heteroatoms. The zero-order valence-electron chi connectivity index (χ0n) is 4.91. The zero-order chi connectivity index (χ0) is 5.54. The Morgan fingerprint density at radius 2 is 2.43 bits per heavy atom. The van der Waals surface area contributed by atoms with E-state index >= 15 is 0 Å². The van der Waals surface area contributed by atoms with E-state index in [4.69, 9.17) is 0 Å². The molecule has 0 fully saturated rings. The number of hydrogen-bond acceptors (Lipinski definition) is 1. The average molecular weight is 115 g/mol. The number of rotatable bonds is 4. The van der Waals surface area contributed by atoms with Gasteiger partial charge in [-0.2, -0.15) is 0 Å². The summed E-state index contributed by atoms with van der Waals surface area (Å²) >= 11 is 0. The smallest absolute Gasteiger partial charge is 0.0138 e. The van der Waals surface area contributed by atoms with Crippen molar-refractivity contribution in [3.05, 3.63) is 12.8 Å². The predicted octanol–water partition coefficient (Wildman–Crippen LogP) is -0.107. The molecule has 0 aliphatic heterocycles. The second kappa shape index (κ2) is 5.76. The van der Waals surface area contributed by atoms with Crippen LogP contribution in [0.5, 0.6) is 0 Å². The highest BCUT2D eigenvalue weighted by Gasteiger charge is 1.74. The molecule has 1 nitrogen and oxygen atoms in total. The molecule has 0 saturated heterocycles. The minimum atomic E-state index is 1.10. The van der Waals surface area contributed by atoms with E-state index in [9.17, 15) is 0 Å². The minimum absolute atomic E-state index is 1.10. The summed E-state index contributed by atoms with van der Waals surface area (Å²) in [5, 5.41) is 3.04. The third-order valence-corrected chi connectivity index (χ3v) is 1.53. The fourth-order valence-corrected chi connectivity index (χ4v) is 0.734. The topological polar surface area (TPSA) is 12.0 Å². The van der Waals surface area contributed by atoms with Gasteiger partial charge in [-0.15, -0.1) is 0 Å². The van der Waals surface area contributed by atoms with Gasteiger partial charge in [-0.3, -0.25) is 0 Å². The van der Waals surface area contributed by atoms with E-state index in [-0.39, 0.29) is 0 Å². The summed E-state index contributed by atoms with van der Waals surface area (Å²) in [6.07, 6.45) is 3.05. The molecule has 0 saturated carbocycles. The maximum absolute atomic E-state index is 3.53. The van der Waals surface area contributed by atoms with Gasteiger partial charge in [0, 0.05) is 16.8 Å². The van der Waals surface area contributed by atoms with E-state index in [1.54, 1.807) is 6.20 Å². The summed E-state index contributed by atoms with van der Waals surface area (Å²) in [5.41, 5.74) is 0. The predicted molar refractivity (Wildman–Crippen MR) is 37.6 cm³/mol. The SMILES string of the molecule is C=CNCCC[SiH3]. The summed E-state index contributed by atoms with van der Waals surface area (Å²) in [6, 6.07) is 1.39. The van der Waals surface area contributed by atoms with Crippen LogP contribution in [0.25, 0.3) is 0 Å². The monoisotopic (exact) mass is 115 g/mol. The van der Waals surface area contributed by atoms with Crippen LogP contribution < -0.4 is 5.32 Å². The van der Waals surface area contributed by atoms with E-state index in [1.165, 1.54) is 22.7 Å². The Bertz CT molecular complexity index is 45.3. The molecular formula is C5H13NSi. The van der Waals surface area contributed by atoms with E-state index in [0.717, 1.165) is 6.54 Å². The Labute approximate surface area is 48.2 Å². The van der Waals surface area contributed by atoms with Gasteiger partial charge in [0.1, 0.15) is 0 Å². The molecule has 0 aromatic heterocycles. The van der Waals surface area contributed by atoms with E-state index in [2.05, 4.69) is 11.9 Å². The molecule has 0 aromatic carbocycles. The first kappa shape index (κ1) is 6.76. The summed E-state index contributed by atoms with van der Waals surface area (Å²) in [4.78, 5) is 0. The third kappa shape index (κ3) is 5.76. The largest absolute Gasteiger partial charge is 0.391 e. The summed E-state index contributed by atoms with van der Waals surface area (Å²) < 4.78 is 0. The van der Waals surface area contributed by atoms with Gasteiger partial charge in [0.2, 0.25) is 0 Å². The van der Waals surface area contributed by atoms with Crippen molar-refractivity contribution in [1.82, 2.24) is 5.32 Å². The molecule has 0 radical (unpaired) electrons. The lowest BCUT2D eigenvalue weighted by Crippen LogP contribution is -2.04. The van der Waals surface area contributed by atoms with Gasteiger partial charge in [0.15, 0.2) is 0 Å². The zero-order valence-corrected chi connectivity index (χ0v) is 6.91. The van der Waals surface area contributed by atoms with Crippen molar-refractivity contribution in [2.75, 3.05) is 6.54 Å². The normalized spacial score (nSPS) is 8.57.